The second-order valence-corrected chi connectivity index (χ2v) is 6.95. The largest absolute Gasteiger partial charge is 0.480 e. The number of carbonyl (C=O) groups excluding carboxylic acids is 3. The molecule has 0 fully saturated rings. The highest BCUT2D eigenvalue weighted by Gasteiger charge is 2.29. The van der Waals surface area contributed by atoms with Gasteiger partial charge in [0.05, 0.1) is 6.54 Å². The van der Waals surface area contributed by atoms with Crippen molar-refractivity contribution in [1.82, 2.24) is 16.0 Å². The number of hydrogen-bond acceptors (Lipinski definition) is 5. The van der Waals surface area contributed by atoms with Crippen molar-refractivity contribution in [3.05, 3.63) is 35.9 Å². The molecule has 0 aliphatic heterocycles. The first-order valence-corrected chi connectivity index (χ1v) is 9.56. The molecule has 1 rings (SSSR count). The minimum atomic E-state index is -1.14. The lowest BCUT2D eigenvalue weighted by Crippen LogP contribution is -2.56. The molecular weight excluding hydrogens is 376 g/mol. The summed E-state index contributed by atoms with van der Waals surface area (Å²) in [6.07, 6.45) is 0.791. The average molecular weight is 406 g/mol. The van der Waals surface area contributed by atoms with Gasteiger partial charge in [-0.15, -0.1) is 0 Å². The molecule has 0 aliphatic carbocycles. The van der Waals surface area contributed by atoms with Crippen LogP contribution in [0.25, 0.3) is 0 Å². The molecule has 9 nitrogen and oxygen atoms in total. The number of nitrogens with one attached hydrogen (secondary N) is 3. The molecule has 1 aromatic carbocycles. The summed E-state index contributed by atoms with van der Waals surface area (Å²) >= 11 is 0. The van der Waals surface area contributed by atoms with Gasteiger partial charge in [-0.25, -0.2) is 4.79 Å². The first kappa shape index (κ1) is 24.1. The van der Waals surface area contributed by atoms with Crippen molar-refractivity contribution in [2.75, 3.05) is 6.54 Å². The molecule has 0 saturated carbocycles. The van der Waals surface area contributed by atoms with Crippen molar-refractivity contribution in [3.63, 3.8) is 0 Å². The van der Waals surface area contributed by atoms with Crippen LogP contribution in [0.2, 0.25) is 0 Å². The maximum atomic E-state index is 12.7. The zero-order valence-corrected chi connectivity index (χ0v) is 17.0. The van der Waals surface area contributed by atoms with Gasteiger partial charge in [-0.2, -0.15) is 0 Å². The van der Waals surface area contributed by atoms with Crippen molar-refractivity contribution >= 4 is 23.7 Å². The number of hydrogen-bond donors (Lipinski definition) is 5. The lowest BCUT2D eigenvalue weighted by atomic mass is 9.99. The molecule has 0 saturated heterocycles. The van der Waals surface area contributed by atoms with Gasteiger partial charge in [0.15, 0.2) is 0 Å². The van der Waals surface area contributed by atoms with Crippen LogP contribution in [0.1, 0.15) is 32.8 Å². The van der Waals surface area contributed by atoms with Crippen molar-refractivity contribution < 1.29 is 24.3 Å². The van der Waals surface area contributed by atoms with Gasteiger partial charge in [0.2, 0.25) is 17.7 Å². The fourth-order valence-electron chi connectivity index (χ4n) is 2.65. The lowest BCUT2D eigenvalue weighted by molar-refractivity contribution is -0.143. The first-order chi connectivity index (χ1) is 13.7. The van der Waals surface area contributed by atoms with Gasteiger partial charge in [0.25, 0.3) is 0 Å². The van der Waals surface area contributed by atoms with E-state index < -0.39 is 41.8 Å². The van der Waals surface area contributed by atoms with Crippen molar-refractivity contribution in [1.29, 1.82) is 0 Å². The molecular formula is C20H30N4O5. The molecule has 0 unspecified atom stereocenters. The summed E-state index contributed by atoms with van der Waals surface area (Å²) in [5.41, 5.74) is 6.15. The van der Waals surface area contributed by atoms with E-state index in [0.29, 0.717) is 6.42 Å². The van der Waals surface area contributed by atoms with E-state index >= 15 is 0 Å². The Labute approximate surface area is 170 Å². The molecule has 0 heterocycles. The molecule has 4 atom stereocenters. The van der Waals surface area contributed by atoms with Crippen LogP contribution in [0.4, 0.5) is 0 Å². The van der Waals surface area contributed by atoms with Crippen LogP contribution in [0, 0.1) is 5.92 Å². The van der Waals surface area contributed by atoms with Crippen LogP contribution in [0.3, 0.4) is 0 Å². The van der Waals surface area contributed by atoms with Crippen LogP contribution in [-0.2, 0) is 25.6 Å². The van der Waals surface area contributed by atoms with E-state index in [-0.39, 0.29) is 18.9 Å². The lowest BCUT2D eigenvalue weighted by Gasteiger charge is -2.24. The Hall–Kier alpha value is -2.94. The molecule has 29 heavy (non-hydrogen) atoms. The van der Waals surface area contributed by atoms with E-state index in [2.05, 4.69) is 16.0 Å². The minimum absolute atomic E-state index is 0.220. The van der Waals surface area contributed by atoms with Crippen molar-refractivity contribution in [2.24, 2.45) is 11.7 Å². The summed E-state index contributed by atoms with van der Waals surface area (Å²) in [6.45, 7) is 4.73. The van der Waals surface area contributed by atoms with Gasteiger partial charge in [-0.05, 0) is 18.4 Å². The summed E-state index contributed by atoms with van der Waals surface area (Å²) in [6, 6.07) is 6.12. The summed E-state index contributed by atoms with van der Waals surface area (Å²) in [5, 5.41) is 16.8. The number of benzene rings is 1. The fourth-order valence-corrected chi connectivity index (χ4v) is 2.65. The molecule has 0 aromatic heterocycles. The normalized spacial score (nSPS) is 14.8. The van der Waals surface area contributed by atoms with E-state index in [1.165, 1.54) is 6.92 Å². The Bertz CT molecular complexity index is 710. The third-order valence-electron chi connectivity index (χ3n) is 4.65. The zero-order chi connectivity index (χ0) is 22.0. The molecule has 160 valence electrons. The van der Waals surface area contributed by atoms with Gasteiger partial charge in [0.1, 0.15) is 18.1 Å². The monoisotopic (exact) mass is 406 g/mol. The minimum Gasteiger partial charge on any atom is -0.480 e. The van der Waals surface area contributed by atoms with E-state index in [0.717, 1.165) is 5.56 Å². The van der Waals surface area contributed by atoms with E-state index in [9.17, 15) is 24.3 Å². The summed E-state index contributed by atoms with van der Waals surface area (Å²) in [5.74, 6) is -3.08. The van der Waals surface area contributed by atoms with Crippen LogP contribution in [0.5, 0.6) is 0 Å². The highest BCUT2D eigenvalue weighted by Crippen LogP contribution is 2.08. The predicted molar refractivity (Wildman–Crippen MR) is 108 cm³/mol. The van der Waals surface area contributed by atoms with Gasteiger partial charge in [-0.1, -0.05) is 50.6 Å². The molecule has 0 radical (unpaired) electrons. The molecule has 6 N–H and O–H groups in total. The van der Waals surface area contributed by atoms with Crippen LogP contribution >= 0.6 is 0 Å². The van der Waals surface area contributed by atoms with E-state index in [1.54, 1.807) is 6.92 Å². The molecule has 1 aromatic rings. The third-order valence-corrected chi connectivity index (χ3v) is 4.65. The number of amides is 3. The average Bonchev–Trinajstić information content (AvgIpc) is 2.70. The quantitative estimate of drug-likeness (QED) is 0.343. The number of nitrogens with two attached hydrogens (primary N) is 1. The second-order valence-electron chi connectivity index (χ2n) is 6.95. The topological polar surface area (TPSA) is 151 Å². The maximum absolute atomic E-state index is 12.7. The summed E-state index contributed by atoms with van der Waals surface area (Å²) in [4.78, 5) is 48.1. The number of aliphatic carboxylic acids is 1. The second kappa shape index (κ2) is 11.8. The number of carboxylic acids is 1. The van der Waals surface area contributed by atoms with Crippen LogP contribution in [0.15, 0.2) is 30.3 Å². The Kier molecular flexibility index (Phi) is 9.81. The molecule has 3 amide bonds. The highest BCUT2D eigenvalue weighted by molar-refractivity contribution is 5.93. The standard InChI is InChI=1S/C20H30N4O5/c1-4-12(2)17(20(28)29)24-18(26)13(3)22-19(27)15(23-16(25)11-21)10-14-8-6-5-7-9-14/h5-9,12-13,15,17H,4,10-11,21H2,1-3H3,(H,22,27)(H,23,25)(H,24,26)(H,28,29)/t12-,13-,15-,17-/m0/s1. The zero-order valence-electron chi connectivity index (χ0n) is 17.0. The van der Waals surface area contributed by atoms with Crippen molar-refractivity contribution in [3.8, 4) is 0 Å². The van der Waals surface area contributed by atoms with Crippen LogP contribution in [-0.4, -0.2) is 53.5 Å². The smallest absolute Gasteiger partial charge is 0.326 e. The SMILES string of the molecule is CC[C@H](C)[C@H](NC(=O)[C@H](C)NC(=O)[C@H](Cc1ccccc1)NC(=O)CN)C(=O)O. The third kappa shape index (κ3) is 7.90. The molecule has 9 heteroatoms. The maximum Gasteiger partial charge on any atom is 0.326 e. The Morgan fingerprint density at radius 1 is 1.00 bits per heavy atom. The van der Waals surface area contributed by atoms with Gasteiger partial charge < -0.3 is 26.8 Å². The number of rotatable bonds is 11. The molecule has 0 spiro atoms. The van der Waals surface area contributed by atoms with Gasteiger partial charge >= 0.3 is 5.97 Å². The Morgan fingerprint density at radius 3 is 2.14 bits per heavy atom. The van der Waals surface area contributed by atoms with Crippen molar-refractivity contribution in [2.45, 2.75) is 51.7 Å². The highest BCUT2D eigenvalue weighted by atomic mass is 16.4. The van der Waals surface area contributed by atoms with E-state index in [4.69, 9.17) is 5.73 Å². The Morgan fingerprint density at radius 2 is 1.62 bits per heavy atom. The fraction of sp³-hybridized carbons (Fsp3) is 0.500. The number of carbonyl (C=O) groups is 4. The van der Waals surface area contributed by atoms with Crippen LogP contribution < -0.4 is 21.7 Å². The first-order valence-electron chi connectivity index (χ1n) is 9.56. The summed E-state index contributed by atoms with van der Waals surface area (Å²) in [7, 11) is 0. The molecule has 0 aliphatic rings. The number of carboxylic acid groups (broad SMARTS) is 1. The molecule has 0 bridgehead atoms. The van der Waals surface area contributed by atoms with E-state index in [1.807, 2.05) is 37.3 Å². The van der Waals surface area contributed by atoms with Gasteiger partial charge in [0, 0.05) is 6.42 Å². The van der Waals surface area contributed by atoms with Gasteiger partial charge in [-0.3, -0.25) is 14.4 Å². The Balaban J connectivity index is 2.81. The predicted octanol–water partition coefficient (Wildman–Crippen LogP) is -0.207. The summed E-state index contributed by atoms with van der Waals surface area (Å²) < 4.78 is 0.